The number of carbonyl (C=O) groups is 2. The van der Waals surface area contributed by atoms with Gasteiger partial charge in [0.25, 0.3) is 0 Å². The number of allylic oxidation sites excluding steroid dienone is 1. The standard InChI is InChI=1S/C19H21BrFNO4/c1-5-25-18(23)15-10(3)22-11(4)16(19(24)26-6-2)17(15)13-8-7-12(20)9-14(13)21/h7-9,15,17H,5-6H2,1-4H3. The fraction of sp³-hybridized carbons (Fsp3) is 0.421. The Morgan fingerprint density at radius 1 is 1.19 bits per heavy atom. The molecule has 5 nitrogen and oxygen atoms in total. The number of hydrogen-bond acceptors (Lipinski definition) is 5. The summed E-state index contributed by atoms with van der Waals surface area (Å²) in [6, 6.07) is 4.53. The van der Waals surface area contributed by atoms with Gasteiger partial charge in [-0.05, 0) is 45.4 Å². The van der Waals surface area contributed by atoms with Crippen molar-refractivity contribution in [3.63, 3.8) is 0 Å². The minimum Gasteiger partial charge on any atom is -0.465 e. The fourth-order valence-corrected chi connectivity index (χ4v) is 3.47. The number of esters is 2. The molecule has 1 aliphatic heterocycles. The molecule has 0 bridgehead atoms. The lowest BCUT2D eigenvalue weighted by Gasteiger charge is -2.31. The van der Waals surface area contributed by atoms with Gasteiger partial charge in [-0.1, -0.05) is 22.0 Å². The van der Waals surface area contributed by atoms with Crippen molar-refractivity contribution in [2.24, 2.45) is 10.9 Å². The Labute approximate surface area is 160 Å². The minimum atomic E-state index is -0.895. The first-order chi connectivity index (χ1) is 12.3. The minimum absolute atomic E-state index is 0.165. The fourth-order valence-electron chi connectivity index (χ4n) is 3.14. The summed E-state index contributed by atoms with van der Waals surface area (Å²) in [7, 11) is 0. The molecule has 2 unspecified atom stereocenters. The summed E-state index contributed by atoms with van der Waals surface area (Å²) < 4.78 is 25.6. The zero-order valence-corrected chi connectivity index (χ0v) is 16.7. The average molecular weight is 426 g/mol. The molecule has 0 spiro atoms. The quantitative estimate of drug-likeness (QED) is 0.664. The monoisotopic (exact) mass is 425 g/mol. The van der Waals surface area contributed by atoms with E-state index in [-0.39, 0.29) is 24.4 Å². The molecule has 2 rings (SSSR count). The number of hydrogen-bond donors (Lipinski definition) is 0. The summed E-state index contributed by atoms with van der Waals surface area (Å²) >= 11 is 3.22. The Hall–Kier alpha value is -2.02. The van der Waals surface area contributed by atoms with Crippen LogP contribution in [0.1, 0.15) is 39.2 Å². The van der Waals surface area contributed by atoms with E-state index in [4.69, 9.17) is 9.47 Å². The Morgan fingerprint density at radius 2 is 1.85 bits per heavy atom. The summed E-state index contributed by atoms with van der Waals surface area (Å²) in [6.45, 7) is 7.05. The molecule has 140 valence electrons. The molecule has 0 fully saturated rings. The maximum absolute atomic E-state index is 14.7. The van der Waals surface area contributed by atoms with Crippen LogP contribution in [0.5, 0.6) is 0 Å². The van der Waals surface area contributed by atoms with Crippen LogP contribution in [0.3, 0.4) is 0 Å². The zero-order chi connectivity index (χ0) is 19.4. The summed E-state index contributed by atoms with van der Waals surface area (Å²) in [5.74, 6) is -3.44. The van der Waals surface area contributed by atoms with Crippen molar-refractivity contribution in [3.05, 3.63) is 45.3 Å². The van der Waals surface area contributed by atoms with Gasteiger partial charge in [-0.3, -0.25) is 9.79 Å². The van der Waals surface area contributed by atoms with Gasteiger partial charge >= 0.3 is 11.9 Å². The van der Waals surface area contributed by atoms with Gasteiger partial charge in [-0.2, -0.15) is 0 Å². The first kappa shape index (κ1) is 20.3. The highest BCUT2D eigenvalue weighted by molar-refractivity contribution is 9.10. The predicted molar refractivity (Wildman–Crippen MR) is 99.4 cm³/mol. The highest BCUT2D eigenvalue weighted by atomic mass is 79.9. The van der Waals surface area contributed by atoms with E-state index in [1.54, 1.807) is 39.8 Å². The Morgan fingerprint density at radius 3 is 2.42 bits per heavy atom. The Kier molecular flexibility index (Phi) is 6.69. The van der Waals surface area contributed by atoms with Crippen LogP contribution in [0.25, 0.3) is 0 Å². The van der Waals surface area contributed by atoms with Crippen LogP contribution < -0.4 is 0 Å². The van der Waals surface area contributed by atoms with E-state index in [0.29, 0.717) is 15.9 Å². The van der Waals surface area contributed by atoms with Gasteiger partial charge in [-0.15, -0.1) is 0 Å². The second kappa shape index (κ2) is 8.58. The van der Waals surface area contributed by atoms with E-state index >= 15 is 0 Å². The zero-order valence-electron chi connectivity index (χ0n) is 15.1. The molecular weight excluding hydrogens is 405 g/mol. The summed E-state index contributed by atoms with van der Waals surface area (Å²) in [4.78, 5) is 29.5. The van der Waals surface area contributed by atoms with Crippen LogP contribution in [0.2, 0.25) is 0 Å². The molecule has 0 saturated heterocycles. The number of rotatable bonds is 5. The van der Waals surface area contributed by atoms with Crippen LogP contribution in [-0.2, 0) is 19.1 Å². The largest absolute Gasteiger partial charge is 0.465 e. The third-order valence-electron chi connectivity index (χ3n) is 4.16. The van der Waals surface area contributed by atoms with Gasteiger partial charge in [0.2, 0.25) is 0 Å². The van der Waals surface area contributed by atoms with E-state index < -0.39 is 29.6 Å². The number of halogens is 2. The van der Waals surface area contributed by atoms with Crippen molar-refractivity contribution in [2.75, 3.05) is 13.2 Å². The normalized spacial score (nSPS) is 19.8. The van der Waals surface area contributed by atoms with Crippen molar-refractivity contribution in [1.29, 1.82) is 0 Å². The molecule has 0 aliphatic carbocycles. The molecule has 2 atom stereocenters. The van der Waals surface area contributed by atoms with Gasteiger partial charge < -0.3 is 9.47 Å². The smallest absolute Gasteiger partial charge is 0.336 e. The lowest BCUT2D eigenvalue weighted by atomic mass is 9.75. The third-order valence-corrected chi connectivity index (χ3v) is 4.65. The molecule has 0 radical (unpaired) electrons. The first-order valence-corrected chi connectivity index (χ1v) is 9.15. The molecular formula is C19H21BrFNO4. The van der Waals surface area contributed by atoms with E-state index in [2.05, 4.69) is 20.9 Å². The molecule has 0 amide bonds. The molecule has 1 aromatic carbocycles. The summed E-state index contributed by atoms with van der Waals surface area (Å²) in [5.41, 5.74) is 1.29. The SMILES string of the molecule is CCOC(=O)C1=C(C)N=C(C)C(C(=O)OCC)C1c1ccc(Br)cc1F. The van der Waals surface area contributed by atoms with Gasteiger partial charge in [0.1, 0.15) is 11.7 Å². The van der Waals surface area contributed by atoms with Gasteiger partial charge in [0.15, 0.2) is 0 Å². The summed E-state index contributed by atoms with van der Waals surface area (Å²) in [5, 5.41) is 0. The molecule has 0 aromatic heterocycles. The van der Waals surface area contributed by atoms with E-state index in [9.17, 15) is 14.0 Å². The number of carbonyl (C=O) groups excluding carboxylic acids is 2. The molecule has 7 heteroatoms. The van der Waals surface area contributed by atoms with E-state index in [1.165, 1.54) is 6.07 Å². The van der Waals surface area contributed by atoms with Crippen LogP contribution in [0.4, 0.5) is 4.39 Å². The van der Waals surface area contributed by atoms with E-state index in [1.807, 2.05) is 0 Å². The second-order valence-corrected chi connectivity index (χ2v) is 6.76. The van der Waals surface area contributed by atoms with Crippen LogP contribution in [0, 0.1) is 11.7 Å². The number of aliphatic imine (C=N–C) groups is 1. The predicted octanol–water partition coefficient (Wildman–Crippen LogP) is 4.16. The third kappa shape index (κ3) is 4.03. The van der Waals surface area contributed by atoms with Crippen molar-refractivity contribution in [2.45, 2.75) is 33.6 Å². The molecule has 26 heavy (non-hydrogen) atoms. The lowest BCUT2D eigenvalue weighted by molar-refractivity contribution is -0.146. The molecule has 0 N–H and O–H groups in total. The van der Waals surface area contributed by atoms with Crippen molar-refractivity contribution in [1.82, 2.24) is 0 Å². The Bertz CT molecular complexity index is 788. The molecule has 1 heterocycles. The van der Waals surface area contributed by atoms with Crippen molar-refractivity contribution < 1.29 is 23.5 Å². The molecule has 1 aliphatic rings. The molecule has 1 aromatic rings. The van der Waals surface area contributed by atoms with Crippen LogP contribution >= 0.6 is 15.9 Å². The number of ether oxygens (including phenoxy) is 2. The average Bonchev–Trinajstić information content (AvgIpc) is 2.54. The highest BCUT2D eigenvalue weighted by Gasteiger charge is 2.43. The lowest BCUT2D eigenvalue weighted by Crippen LogP contribution is -2.37. The van der Waals surface area contributed by atoms with Crippen LogP contribution in [0.15, 0.2) is 38.9 Å². The number of nitrogens with zero attached hydrogens (tertiary/aromatic N) is 1. The number of benzene rings is 1. The summed E-state index contributed by atoms with van der Waals surface area (Å²) in [6.07, 6.45) is 0. The van der Waals surface area contributed by atoms with Gasteiger partial charge in [-0.25, -0.2) is 9.18 Å². The second-order valence-electron chi connectivity index (χ2n) is 5.85. The first-order valence-electron chi connectivity index (χ1n) is 8.36. The van der Waals surface area contributed by atoms with Crippen molar-refractivity contribution in [3.8, 4) is 0 Å². The van der Waals surface area contributed by atoms with E-state index in [0.717, 1.165) is 0 Å². The van der Waals surface area contributed by atoms with Gasteiger partial charge in [0, 0.05) is 21.8 Å². The topological polar surface area (TPSA) is 65.0 Å². The Balaban J connectivity index is 2.67. The van der Waals surface area contributed by atoms with Crippen LogP contribution in [-0.4, -0.2) is 30.9 Å². The van der Waals surface area contributed by atoms with Gasteiger partial charge in [0.05, 0.1) is 18.8 Å². The maximum Gasteiger partial charge on any atom is 0.336 e. The van der Waals surface area contributed by atoms with Crippen molar-refractivity contribution >= 4 is 33.6 Å². The highest BCUT2D eigenvalue weighted by Crippen LogP contribution is 2.41. The molecule has 0 saturated carbocycles. The maximum atomic E-state index is 14.7.